The molecule has 0 radical (unpaired) electrons. The number of aliphatic imine (C=N–C) groups is 1. The molecule has 26 heavy (non-hydrogen) atoms. The second kappa shape index (κ2) is 8.33. The summed E-state index contributed by atoms with van der Waals surface area (Å²) in [6.07, 6.45) is 6.92. The Morgan fingerprint density at radius 2 is 2.31 bits per heavy atom. The van der Waals surface area contributed by atoms with Crippen LogP contribution in [0.25, 0.3) is 0 Å². The third-order valence-corrected chi connectivity index (χ3v) is 4.75. The summed E-state index contributed by atoms with van der Waals surface area (Å²) in [5.41, 5.74) is 1.31. The van der Waals surface area contributed by atoms with Gasteiger partial charge in [-0.15, -0.1) is 0 Å². The summed E-state index contributed by atoms with van der Waals surface area (Å²) < 4.78 is 7.16. The summed E-state index contributed by atoms with van der Waals surface area (Å²) >= 11 is 0. The van der Waals surface area contributed by atoms with Crippen LogP contribution in [0.2, 0.25) is 0 Å². The van der Waals surface area contributed by atoms with Gasteiger partial charge in [-0.25, -0.2) is 0 Å². The van der Waals surface area contributed by atoms with E-state index in [1.54, 1.807) is 0 Å². The maximum Gasteiger partial charge on any atom is 0.226 e. The van der Waals surface area contributed by atoms with Crippen LogP contribution in [-0.2, 0) is 13.5 Å². The molecule has 0 spiro atoms. The van der Waals surface area contributed by atoms with Gasteiger partial charge < -0.3 is 14.7 Å². The van der Waals surface area contributed by atoms with Gasteiger partial charge in [-0.1, -0.05) is 19.0 Å². The van der Waals surface area contributed by atoms with E-state index in [-0.39, 0.29) is 0 Å². The average Bonchev–Trinajstić information content (AvgIpc) is 3.34. The van der Waals surface area contributed by atoms with Crippen LogP contribution in [0.3, 0.4) is 0 Å². The van der Waals surface area contributed by atoms with Crippen molar-refractivity contribution in [1.29, 1.82) is 0 Å². The van der Waals surface area contributed by atoms with E-state index in [1.165, 1.54) is 5.56 Å². The normalized spacial score (nSPS) is 18.1. The largest absolute Gasteiger partial charge is 0.356 e. The molecule has 8 nitrogen and oxygen atoms in total. The number of guanidine groups is 1. The fourth-order valence-corrected chi connectivity index (χ4v) is 3.25. The molecule has 3 heterocycles. The molecule has 8 heteroatoms. The van der Waals surface area contributed by atoms with Crippen molar-refractivity contribution >= 4 is 5.96 Å². The first-order valence-electron chi connectivity index (χ1n) is 9.33. The van der Waals surface area contributed by atoms with Crippen molar-refractivity contribution in [1.82, 2.24) is 30.1 Å². The van der Waals surface area contributed by atoms with Gasteiger partial charge in [0.05, 0.1) is 6.20 Å². The first kappa shape index (κ1) is 18.4. The number of rotatable bonds is 6. The number of nitrogens with one attached hydrogen (secondary N) is 1. The highest BCUT2D eigenvalue weighted by Crippen LogP contribution is 2.26. The molecule has 1 aliphatic heterocycles. The second-order valence-corrected chi connectivity index (χ2v) is 7.16. The van der Waals surface area contributed by atoms with Crippen LogP contribution in [0.5, 0.6) is 0 Å². The maximum absolute atomic E-state index is 5.29. The standard InChI is InChI=1S/C18H29N7O/c1-13(2)17-22-16(26-23-17)6-5-8-20-18(19-3)25-9-7-14(12-25)15-10-21-24(4)11-15/h10-11,13-14H,5-9,12H2,1-4H3,(H,19,20). The lowest BCUT2D eigenvalue weighted by molar-refractivity contribution is 0.368. The second-order valence-electron chi connectivity index (χ2n) is 7.16. The number of aryl methyl sites for hydroxylation is 2. The summed E-state index contributed by atoms with van der Waals surface area (Å²) in [5.74, 6) is 3.28. The molecule has 1 fully saturated rings. The van der Waals surface area contributed by atoms with Crippen molar-refractivity contribution in [2.24, 2.45) is 12.0 Å². The van der Waals surface area contributed by atoms with Gasteiger partial charge in [-0.05, 0) is 18.4 Å². The van der Waals surface area contributed by atoms with Crippen LogP contribution >= 0.6 is 0 Å². The zero-order valence-corrected chi connectivity index (χ0v) is 16.1. The Balaban J connectivity index is 1.43. The van der Waals surface area contributed by atoms with Crippen LogP contribution in [0, 0.1) is 0 Å². The molecule has 1 aliphatic rings. The highest BCUT2D eigenvalue weighted by Gasteiger charge is 2.26. The number of hydrogen-bond donors (Lipinski definition) is 1. The first-order chi connectivity index (χ1) is 12.6. The Kier molecular flexibility index (Phi) is 5.90. The summed E-state index contributed by atoms with van der Waals surface area (Å²) in [6, 6.07) is 0. The maximum atomic E-state index is 5.29. The number of likely N-dealkylation sites (tertiary alicyclic amines) is 1. The van der Waals surface area contributed by atoms with E-state index >= 15 is 0 Å². The molecule has 1 atom stereocenters. The summed E-state index contributed by atoms with van der Waals surface area (Å²) in [4.78, 5) is 11.2. The van der Waals surface area contributed by atoms with Gasteiger partial charge in [0.15, 0.2) is 11.8 Å². The molecule has 2 aromatic rings. The van der Waals surface area contributed by atoms with E-state index < -0.39 is 0 Å². The number of aromatic nitrogens is 4. The molecule has 1 N–H and O–H groups in total. The molecule has 1 saturated heterocycles. The van der Waals surface area contributed by atoms with Crippen molar-refractivity contribution < 1.29 is 4.52 Å². The fraction of sp³-hybridized carbons (Fsp3) is 0.667. The lowest BCUT2D eigenvalue weighted by Gasteiger charge is -2.21. The van der Waals surface area contributed by atoms with E-state index in [1.807, 2.05) is 25.0 Å². The van der Waals surface area contributed by atoms with Crippen LogP contribution in [-0.4, -0.2) is 57.5 Å². The van der Waals surface area contributed by atoms with Crippen molar-refractivity contribution in [3.63, 3.8) is 0 Å². The predicted molar refractivity (Wildman–Crippen MR) is 100 cm³/mol. The summed E-state index contributed by atoms with van der Waals surface area (Å²) in [6.45, 7) is 6.96. The van der Waals surface area contributed by atoms with E-state index in [2.05, 4.69) is 50.5 Å². The van der Waals surface area contributed by atoms with Crippen LogP contribution < -0.4 is 5.32 Å². The molecule has 0 aliphatic carbocycles. The van der Waals surface area contributed by atoms with Gasteiger partial charge in [0.25, 0.3) is 0 Å². The molecule has 0 amide bonds. The minimum absolute atomic E-state index is 0.298. The third-order valence-electron chi connectivity index (χ3n) is 4.75. The number of nitrogens with zero attached hydrogens (tertiary/aromatic N) is 6. The zero-order chi connectivity index (χ0) is 18.5. The van der Waals surface area contributed by atoms with Gasteiger partial charge in [0, 0.05) is 58.2 Å². The lowest BCUT2D eigenvalue weighted by Crippen LogP contribution is -2.40. The summed E-state index contributed by atoms with van der Waals surface area (Å²) in [5, 5.41) is 11.7. The average molecular weight is 359 g/mol. The Labute approximate surface area is 154 Å². The van der Waals surface area contributed by atoms with E-state index in [0.29, 0.717) is 17.7 Å². The van der Waals surface area contributed by atoms with Crippen LogP contribution in [0.15, 0.2) is 21.9 Å². The van der Waals surface area contributed by atoms with Crippen molar-refractivity contribution in [3.05, 3.63) is 29.7 Å². The molecule has 3 rings (SSSR count). The molecule has 0 aromatic carbocycles. The Morgan fingerprint density at radius 3 is 2.96 bits per heavy atom. The lowest BCUT2D eigenvalue weighted by atomic mass is 10.0. The minimum Gasteiger partial charge on any atom is -0.356 e. The topological polar surface area (TPSA) is 84.4 Å². The molecule has 0 saturated carbocycles. The minimum atomic E-state index is 0.298. The van der Waals surface area contributed by atoms with Crippen molar-refractivity contribution in [3.8, 4) is 0 Å². The quantitative estimate of drug-likeness (QED) is 0.482. The molecule has 1 unspecified atom stereocenters. The smallest absolute Gasteiger partial charge is 0.226 e. The van der Waals surface area contributed by atoms with Gasteiger partial charge in [0.2, 0.25) is 5.89 Å². The van der Waals surface area contributed by atoms with Crippen LogP contribution in [0.1, 0.15) is 55.8 Å². The third kappa shape index (κ3) is 4.42. The molecule has 2 aromatic heterocycles. The highest BCUT2D eigenvalue weighted by atomic mass is 16.5. The Morgan fingerprint density at radius 1 is 1.46 bits per heavy atom. The van der Waals surface area contributed by atoms with Gasteiger partial charge in [0.1, 0.15) is 0 Å². The van der Waals surface area contributed by atoms with Gasteiger partial charge in [-0.2, -0.15) is 10.1 Å². The summed E-state index contributed by atoms with van der Waals surface area (Å²) in [7, 11) is 3.80. The first-order valence-corrected chi connectivity index (χ1v) is 9.33. The van der Waals surface area contributed by atoms with Crippen LogP contribution in [0.4, 0.5) is 0 Å². The highest BCUT2D eigenvalue weighted by molar-refractivity contribution is 5.80. The molecule has 142 valence electrons. The van der Waals surface area contributed by atoms with E-state index in [0.717, 1.165) is 50.7 Å². The molecule has 0 bridgehead atoms. The zero-order valence-electron chi connectivity index (χ0n) is 16.1. The van der Waals surface area contributed by atoms with Crippen molar-refractivity contribution in [2.45, 2.75) is 44.9 Å². The predicted octanol–water partition coefficient (Wildman–Crippen LogP) is 1.92. The fourth-order valence-electron chi connectivity index (χ4n) is 3.25. The Bertz CT molecular complexity index is 733. The monoisotopic (exact) mass is 359 g/mol. The molecular formula is C18H29N7O. The van der Waals surface area contributed by atoms with Gasteiger partial charge >= 0.3 is 0 Å². The Hall–Kier alpha value is -2.38. The number of hydrogen-bond acceptors (Lipinski definition) is 5. The SMILES string of the molecule is CN=C(NCCCc1nc(C(C)C)no1)N1CCC(c2cnn(C)c2)C1. The van der Waals surface area contributed by atoms with E-state index in [9.17, 15) is 0 Å². The van der Waals surface area contributed by atoms with Gasteiger partial charge in [-0.3, -0.25) is 9.67 Å². The van der Waals surface area contributed by atoms with Crippen molar-refractivity contribution in [2.75, 3.05) is 26.7 Å². The van der Waals surface area contributed by atoms with E-state index in [4.69, 9.17) is 4.52 Å². The molecular weight excluding hydrogens is 330 g/mol.